The van der Waals surface area contributed by atoms with Gasteiger partial charge in [-0.15, -0.1) is 23.2 Å². The van der Waals surface area contributed by atoms with E-state index in [0.29, 0.717) is 10.7 Å². The van der Waals surface area contributed by atoms with Crippen LogP contribution in [0.1, 0.15) is 15.9 Å². The zero-order valence-electron chi connectivity index (χ0n) is 17.5. The zero-order valence-corrected chi connectivity index (χ0v) is 22.8. The van der Waals surface area contributed by atoms with Crippen molar-refractivity contribution >= 4 is 110 Å². The van der Waals surface area contributed by atoms with Gasteiger partial charge >= 0.3 is 0 Å². The summed E-state index contributed by atoms with van der Waals surface area (Å²) in [5.74, 6) is -4.38. The SMILES string of the molecule is Cc1ccc(Cl)cc1NC(=O)c1cccc(N2C(=O)[C@H]3[C@H](C2=O)[C@@]2(Cl)C(Cl)=C(Cl)[C@@]3(Cl)C2(Cl)Cl)c1. The van der Waals surface area contributed by atoms with E-state index in [0.717, 1.165) is 10.5 Å². The standard InChI is InChI=1S/C23H13Cl7N2O3/c1-9-5-6-11(24)8-13(9)31-18(33)10-3-2-4-12(7-10)32-19(34)14-15(20(32)35)22(28)17(26)16(25)21(14,27)23(22,29)30/h2-8,14-15H,1H3,(H,31,33)/t14-,15-,21-,22-/m1/s1. The molecule has 3 aliphatic rings. The van der Waals surface area contributed by atoms with Gasteiger partial charge in [0.05, 0.1) is 27.6 Å². The van der Waals surface area contributed by atoms with Crippen molar-refractivity contribution in [3.05, 3.63) is 68.7 Å². The summed E-state index contributed by atoms with van der Waals surface area (Å²) in [6.45, 7) is 1.82. The summed E-state index contributed by atoms with van der Waals surface area (Å²) in [5, 5.41) is 2.89. The summed E-state index contributed by atoms with van der Waals surface area (Å²) < 4.78 is -2.01. The van der Waals surface area contributed by atoms with Crippen LogP contribution in [-0.4, -0.2) is 31.8 Å². The van der Waals surface area contributed by atoms with E-state index >= 15 is 0 Å². The number of anilines is 2. The first-order chi connectivity index (χ1) is 16.3. The fourth-order valence-electron chi connectivity index (χ4n) is 4.96. The van der Waals surface area contributed by atoms with Gasteiger partial charge in [0, 0.05) is 16.3 Å². The van der Waals surface area contributed by atoms with Crippen molar-refractivity contribution in [2.24, 2.45) is 11.8 Å². The number of nitrogens with zero attached hydrogens (tertiary/aromatic N) is 1. The molecule has 0 aromatic heterocycles. The second kappa shape index (κ2) is 8.16. The lowest BCUT2D eigenvalue weighted by Crippen LogP contribution is -2.50. The number of alkyl halides is 4. The van der Waals surface area contributed by atoms with E-state index in [2.05, 4.69) is 5.32 Å². The molecule has 2 aromatic carbocycles. The van der Waals surface area contributed by atoms with Crippen molar-refractivity contribution in [1.82, 2.24) is 0 Å². The molecule has 35 heavy (non-hydrogen) atoms. The van der Waals surface area contributed by atoms with Crippen molar-refractivity contribution < 1.29 is 14.4 Å². The number of rotatable bonds is 3. The van der Waals surface area contributed by atoms with Gasteiger partial charge in [0.1, 0.15) is 9.75 Å². The number of carbonyl (C=O) groups is 3. The number of amides is 3. The number of aryl methyl sites for hydroxylation is 1. The van der Waals surface area contributed by atoms with E-state index in [1.165, 1.54) is 24.3 Å². The smallest absolute Gasteiger partial charge is 0.255 e. The normalized spacial score (nSPS) is 30.8. The van der Waals surface area contributed by atoms with Crippen LogP contribution in [0.2, 0.25) is 5.02 Å². The van der Waals surface area contributed by atoms with E-state index in [1.54, 1.807) is 18.2 Å². The summed E-state index contributed by atoms with van der Waals surface area (Å²) in [6, 6.07) is 11.1. The highest BCUT2D eigenvalue weighted by Crippen LogP contribution is 2.77. The van der Waals surface area contributed by atoms with Gasteiger partial charge in [-0.3, -0.25) is 14.4 Å². The monoisotopic (exact) mass is 610 g/mol. The number of nitrogens with one attached hydrogen (secondary N) is 1. The van der Waals surface area contributed by atoms with Crippen molar-refractivity contribution in [3.63, 3.8) is 0 Å². The number of carbonyl (C=O) groups excluding carboxylic acids is 3. The lowest BCUT2D eigenvalue weighted by molar-refractivity contribution is -0.123. The van der Waals surface area contributed by atoms with Crippen molar-refractivity contribution in [2.45, 2.75) is 21.0 Å². The molecule has 2 aliphatic carbocycles. The summed E-state index contributed by atoms with van der Waals surface area (Å²) in [6.07, 6.45) is 0. The molecule has 2 fully saturated rings. The minimum absolute atomic E-state index is 0.145. The van der Waals surface area contributed by atoms with E-state index in [1.807, 2.05) is 6.92 Å². The Morgan fingerprint density at radius 2 is 1.46 bits per heavy atom. The van der Waals surface area contributed by atoms with Gasteiger partial charge < -0.3 is 5.32 Å². The lowest BCUT2D eigenvalue weighted by Gasteiger charge is -2.34. The molecule has 1 saturated heterocycles. The largest absolute Gasteiger partial charge is 0.322 e. The molecule has 1 heterocycles. The molecule has 3 amide bonds. The first-order valence-electron chi connectivity index (χ1n) is 10.2. The molecule has 1 saturated carbocycles. The minimum atomic E-state index is -2.01. The van der Waals surface area contributed by atoms with Crippen LogP contribution in [0, 0.1) is 18.8 Å². The minimum Gasteiger partial charge on any atom is -0.322 e. The molecule has 1 aliphatic heterocycles. The summed E-state index contributed by atoms with van der Waals surface area (Å²) in [4.78, 5) is 37.1. The Balaban J connectivity index is 1.50. The quantitative estimate of drug-likeness (QED) is 0.304. The molecule has 5 rings (SSSR count). The van der Waals surface area contributed by atoms with Gasteiger partial charge in [-0.2, -0.15) is 0 Å². The third-order valence-corrected chi connectivity index (χ3v) is 11.2. The van der Waals surface area contributed by atoms with Crippen molar-refractivity contribution in [2.75, 3.05) is 10.2 Å². The summed E-state index contributed by atoms with van der Waals surface area (Å²) >= 11 is 45.2. The van der Waals surface area contributed by atoms with Gasteiger partial charge in [-0.05, 0) is 42.8 Å². The molecule has 0 unspecified atom stereocenters. The van der Waals surface area contributed by atoms with Gasteiger partial charge in [0.15, 0.2) is 4.33 Å². The van der Waals surface area contributed by atoms with Crippen LogP contribution < -0.4 is 10.2 Å². The molecule has 4 atom stereocenters. The number of imide groups is 1. The Bertz CT molecular complexity index is 1330. The molecule has 5 nitrogen and oxygen atoms in total. The third kappa shape index (κ3) is 3.13. The maximum absolute atomic E-state index is 13.5. The van der Waals surface area contributed by atoms with E-state index in [-0.39, 0.29) is 21.3 Å². The topological polar surface area (TPSA) is 66.5 Å². The third-order valence-electron chi connectivity index (χ3n) is 6.72. The Hall–Kier alpha value is -1.18. The Kier molecular flexibility index (Phi) is 5.94. The maximum Gasteiger partial charge on any atom is 0.255 e. The van der Waals surface area contributed by atoms with Gasteiger partial charge in [0.2, 0.25) is 11.8 Å². The Morgan fingerprint density at radius 1 is 0.886 bits per heavy atom. The number of fused-ring (bicyclic) bond motifs is 5. The van der Waals surface area contributed by atoms with E-state index < -0.39 is 43.6 Å². The van der Waals surface area contributed by atoms with Crippen molar-refractivity contribution in [1.29, 1.82) is 0 Å². The number of allylic oxidation sites excluding steroid dienone is 2. The molecule has 1 N–H and O–H groups in total. The maximum atomic E-state index is 13.5. The average Bonchev–Trinajstić information content (AvgIpc) is 3.20. The molecule has 2 bridgehead atoms. The first kappa shape index (κ1) is 25.5. The fourth-order valence-corrected chi connectivity index (χ4v) is 8.06. The number of benzene rings is 2. The molecular formula is C23H13Cl7N2O3. The van der Waals surface area contributed by atoms with E-state index in [9.17, 15) is 14.4 Å². The van der Waals surface area contributed by atoms with Crippen LogP contribution >= 0.6 is 81.2 Å². The van der Waals surface area contributed by atoms with Gasteiger partial charge in [-0.1, -0.05) is 70.1 Å². The van der Waals surface area contributed by atoms with Crippen LogP contribution in [0.3, 0.4) is 0 Å². The van der Waals surface area contributed by atoms with Crippen LogP contribution in [0.25, 0.3) is 0 Å². The number of hydrogen-bond donors (Lipinski definition) is 1. The molecule has 2 aromatic rings. The summed E-state index contributed by atoms with van der Waals surface area (Å²) in [7, 11) is 0. The highest BCUT2D eigenvalue weighted by molar-refractivity contribution is 6.67. The van der Waals surface area contributed by atoms with Crippen LogP contribution in [-0.2, 0) is 9.59 Å². The van der Waals surface area contributed by atoms with Crippen molar-refractivity contribution in [3.8, 4) is 0 Å². The predicted molar refractivity (Wildman–Crippen MR) is 140 cm³/mol. The van der Waals surface area contributed by atoms with Crippen LogP contribution in [0.4, 0.5) is 11.4 Å². The lowest BCUT2D eigenvalue weighted by atomic mass is 9.84. The molecule has 182 valence electrons. The molecule has 12 heteroatoms. The fraction of sp³-hybridized carbons (Fsp3) is 0.261. The molecule has 0 spiro atoms. The Morgan fingerprint density at radius 3 is 2.03 bits per heavy atom. The highest BCUT2D eigenvalue weighted by Gasteiger charge is 2.87. The first-order valence-corrected chi connectivity index (χ1v) is 12.8. The number of hydrogen-bond acceptors (Lipinski definition) is 3. The average molecular weight is 614 g/mol. The highest BCUT2D eigenvalue weighted by atomic mass is 35.5. The molecular weight excluding hydrogens is 600 g/mol. The van der Waals surface area contributed by atoms with Gasteiger partial charge in [0.25, 0.3) is 5.91 Å². The second-order valence-electron chi connectivity index (χ2n) is 8.56. The number of halogens is 7. The zero-order chi connectivity index (χ0) is 25.7. The van der Waals surface area contributed by atoms with E-state index in [4.69, 9.17) is 81.2 Å². The van der Waals surface area contributed by atoms with Crippen LogP contribution in [0.15, 0.2) is 52.5 Å². The Labute approximate surface area is 235 Å². The summed E-state index contributed by atoms with van der Waals surface area (Å²) in [5.41, 5.74) is 1.67. The van der Waals surface area contributed by atoms with Crippen LogP contribution in [0.5, 0.6) is 0 Å². The molecule has 0 radical (unpaired) electrons. The predicted octanol–water partition coefficient (Wildman–Crippen LogP) is 6.85. The second-order valence-corrected chi connectivity index (χ2v) is 12.3. The van der Waals surface area contributed by atoms with Gasteiger partial charge in [-0.25, -0.2) is 4.90 Å².